The van der Waals surface area contributed by atoms with Crippen LogP contribution in [0.15, 0.2) is 54.6 Å². The van der Waals surface area contributed by atoms with E-state index >= 15 is 0 Å². The average Bonchev–Trinajstić information content (AvgIpc) is 2.79. The van der Waals surface area contributed by atoms with Crippen molar-refractivity contribution < 1.29 is 19.1 Å². The maximum Gasteiger partial charge on any atom is 0.251 e. The molecule has 6 heteroatoms. The van der Waals surface area contributed by atoms with Crippen LogP contribution in [0.3, 0.4) is 0 Å². The van der Waals surface area contributed by atoms with E-state index in [1.54, 1.807) is 31.4 Å². The first-order chi connectivity index (χ1) is 14.6. The van der Waals surface area contributed by atoms with E-state index in [0.29, 0.717) is 36.8 Å². The molecule has 6 nitrogen and oxygen atoms in total. The van der Waals surface area contributed by atoms with Crippen LogP contribution in [0.2, 0.25) is 0 Å². The van der Waals surface area contributed by atoms with Crippen LogP contribution in [-0.2, 0) is 4.79 Å². The Balaban J connectivity index is 1.51. The number of carbonyl (C=O) groups excluding carboxylic acids is 2. The Morgan fingerprint density at radius 1 is 1.10 bits per heavy atom. The number of piperidine rings is 1. The molecular weight excluding hydrogens is 380 g/mol. The average molecular weight is 408 g/mol. The highest BCUT2D eigenvalue weighted by Crippen LogP contribution is 2.28. The Kier molecular flexibility index (Phi) is 7.49. The number of hydrogen-bond acceptors (Lipinski definition) is 4. The minimum atomic E-state index is -0.0651. The number of hydrogen-bond donors (Lipinski definition) is 1. The van der Waals surface area contributed by atoms with Gasteiger partial charge in [0.1, 0.15) is 0 Å². The summed E-state index contributed by atoms with van der Waals surface area (Å²) in [5, 5.41) is 3.06. The third-order valence-electron chi connectivity index (χ3n) is 5.08. The molecule has 0 bridgehead atoms. The van der Waals surface area contributed by atoms with Gasteiger partial charge in [-0.3, -0.25) is 9.59 Å². The van der Waals surface area contributed by atoms with Crippen molar-refractivity contribution in [2.75, 3.05) is 26.8 Å². The highest BCUT2D eigenvalue weighted by molar-refractivity contribution is 5.94. The van der Waals surface area contributed by atoms with Crippen molar-refractivity contribution in [1.82, 2.24) is 10.2 Å². The second kappa shape index (κ2) is 10.5. The summed E-state index contributed by atoms with van der Waals surface area (Å²) in [7, 11) is 1.59. The van der Waals surface area contributed by atoms with Crippen LogP contribution < -0.4 is 14.8 Å². The molecule has 158 valence electrons. The third-order valence-corrected chi connectivity index (χ3v) is 5.08. The summed E-state index contributed by atoms with van der Waals surface area (Å²) in [6, 6.07) is 14.9. The Labute approximate surface area is 177 Å². The molecule has 0 aliphatic carbocycles. The molecule has 1 aliphatic heterocycles. The minimum absolute atomic E-state index is 0.0318. The Hall–Kier alpha value is -3.28. The summed E-state index contributed by atoms with van der Waals surface area (Å²) in [6.45, 7) is 3.72. The van der Waals surface area contributed by atoms with Crippen molar-refractivity contribution in [1.29, 1.82) is 0 Å². The van der Waals surface area contributed by atoms with Crippen LogP contribution in [0.4, 0.5) is 0 Å². The van der Waals surface area contributed by atoms with Crippen LogP contribution in [0.1, 0.15) is 35.7 Å². The fourth-order valence-corrected chi connectivity index (χ4v) is 3.44. The molecular formula is C24H28N2O4. The molecule has 1 fully saturated rings. The second-order valence-electron chi connectivity index (χ2n) is 7.12. The van der Waals surface area contributed by atoms with E-state index in [2.05, 4.69) is 5.32 Å². The van der Waals surface area contributed by atoms with Crippen molar-refractivity contribution in [3.63, 3.8) is 0 Å². The maximum absolute atomic E-state index is 12.5. The van der Waals surface area contributed by atoms with Crippen LogP contribution in [-0.4, -0.2) is 49.6 Å². The van der Waals surface area contributed by atoms with Gasteiger partial charge in [0.25, 0.3) is 5.91 Å². The van der Waals surface area contributed by atoms with Crippen LogP contribution in [0.5, 0.6) is 11.5 Å². The molecule has 1 saturated heterocycles. The summed E-state index contributed by atoms with van der Waals surface area (Å²) in [4.78, 5) is 26.6. The number of methoxy groups -OCH3 is 1. The lowest BCUT2D eigenvalue weighted by molar-refractivity contribution is -0.126. The molecule has 0 unspecified atom stereocenters. The van der Waals surface area contributed by atoms with Gasteiger partial charge in [-0.2, -0.15) is 0 Å². The van der Waals surface area contributed by atoms with Crippen LogP contribution >= 0.6 is 0 Å². The highest BCUT2D eigenvalue weighted by atomic mass is 16.5. The van der Waals surface area contributed by atoms with E-state index in [1.807, 2.05) is 48.2 Å². The standard InChI is InChI=1S/C24H28N2O4/c1-3-30-21-11-9-18(17-22(21)29-2)10-12-23(27)26-15-13-20(14-16-26)25-24(28)19-7-5-4-6-8-19/h4-12,17,20H,3,13-16H2,1-2H3,(H,25,28). The molecule has 0 radical (unpaired) electrons. The number of amides is 2. The number of benzene rings is 2. The van der Waals surface area contributed by atoms with Crippen molar-refractivity contribution in [2.24, 2.45) is 0 Å². The molecule has 0 saturated carbocycles. The van der Waals surface area contributed by atoms with Gasteiger partial charge in [0.2, 0.25) is 5.91 Å². The Morgan fingerprint density at radius 2 is 1.83 bits per heavy atom. The fraction of sp³-hybridized carbons (Fsp3) is 0.333. The molecule has 1 aliphatic rings. The number of carbonyl (C=O) groups is 2. The van der Waals surface area contributed by atoms with Crippen molar-refractivity contribution in [3.05, 3.63) is 65.7 Å². The minimum Gasteiger partial charge on any atom is -0.493 e. The molecule has 2 aromatic carbocycles. The van der Waals surface area contributed by atoms with Gasteiger partial charge in [-0.25, -0.2) is 0 Å². The molecule has 3 rings (SSSR count). The van der Waals surface area contributed by atoms with Gasteiger partial charge >= 0.3 is 0 Å². The van der Waals surface area contributed by atoms with Gasteiger partial charge in [0.05, 0.1) is 13.7 Å². The Morgan fingerprint density at radius 3 is 2.50 bits per heavy atom. The first-order valence-corrected chi connectivity index (χ1v) is 10.2. The molecule has 0 spiro atoms. The number of ether oxygens (including phenoxy) is 2. The normalized spacial score (nSPS) is 14.5. The van der Waals surface area contributed by atoms with E-state index in [9.17, 15) is 9.59 Å². The molecule has 2 amide bonds. The number of nitrogens with one attached hydrogen (secondary N) is 1. The second-order valence-corrected chi connectivity index (χ2v) is 7.12. The lowest BCUT2D eigenvalue weighted by atomic mass is 10.0. The van der Waals surface area contributed by atoms with Gasteiger partial charge < -0.3 is 19.7 Å². The van der Waals surface area contributed by atoms with E-state index in [1.165, 1.54) is 0 Å². The van der Waals surface area contributed by atoms with Crippen LogP contribution in [0.25, 0.3) is 6.08 Å². The molecule has 0 atom stereocenters. The monoisotopic (exact) mass is 408 g/mol. The van der Waals surface area contributed by atoms with Gasteiger partial charge in [0, 0.05) is 30.8 Å². The van der Waals surface area contributed by atoms with Gasteiger partial charge in [-0.15, -0.1) is 0 Å². The molecule has 1 N–H and O–H groups in total. The molecule has 1 heterocycles. The van der Waals surface area contributed by atoms with Crippen molar-refractivity contribution >= 4 is 17.9 Å². The first-order valence-electron chi connectivity index (χ1n) is 10.2. The van der Waals surface area contributed by atoms with Gasteiger partial charge in [-0.05, 0) is 55.7 Å². The molecule has 0 aromatic heterocycles. The third kappa shape index (κ3) is 5.63. The number of likely N-dealkylation sites (tertiary alicyclic amines) is 1. The summed E-state index contributed by atoms with van der Waals surface area (Å²) in [5.41, 5.74) is 1.53. The van der Waals surface area contributed by atoms with E-state index in [4.69, 9.17) is 9.47 Å². The molecule has 30 heavy (non-hydrogen) atoms. The lowest BCUT2D eigenvalue weighted by Crippen LogP contribution is -2.46. The van der Waals surface area contributed by atoms with Crippen LogP contribution in [0, 0.1) is 0 Å². The first kappa shape index (κ1) is 21.4. The highest BCUT2D eigenvalue weighted by Gasteiger charge is 2.23. The summed E-state index contributed by atoms with van der Waals surface area (Å²) >= 11 is 0. The van der Waals surface area contributed by atoms with Crippen molar-refractivity contribution in [2.45, 2.75) is 25.8 Å². The number of rotatable bonds is 7. The topological polar surface area (TPSA) is 67.9 Å². The zero-order valence-corrected chi connectivity index (χ0v) is 17.5. The molecule has 2 aromatic rings. The Bertz CT molecular complexity index is 887. The smallest absolute Gasteiger partial charge is 0.251 e. The van der Waals surface area contributed by atoms with Gasteiger partial charge in [-0.1, -0.05) is 24.3 Å². The lowest BCUT2D eigenvalue weighted by Gasteiger charge is -2.31. The number of nitrogens with zero attached hydrogens (tertiary/aromatic N) is 1. The SMILES string of the molecule is CCOc1ccc(C=CC(=O)N2CCC(NC(=O)c3ccccc3)CC2)cc1OC. The van der Waals surface area contributed by atoms with E-state index in [-0.39, 0.29) is 17.9 Å². The summed E-state index contributed by atoms with van der Waals surface area (Å²) in [5.74, 6) is 1.23. The van der Waals surface area contributed by atoms with E-state index < -0.39 is 0 Å². The zero-order chi connectivity index (χ0) is 21.3. The summed E-state index contributed by atoms with van der Waals surface area (Å²) < 4.78 is 10.9. The van der Waals surface area contributed by atoms with E-state index in [0.717, 1.165) is 18.4 Å². The fourth-order valence-electron chi connectivity index (χ4n) is 3.44. The maximum atomic E-state index is 12.5. The zero-order valence-electron chi connectivity index (χ0n) is 17.5. The predicted molar refractivity (Wildman–Crippen MR) is 117 cm³/mol. The summed E-state index contributed by atoms with van der Waals surface area (Å²) in [6.07, 6.45) is 4.85. The largest absolute Gasteiger partial charge is 0.493 e. The predicted octanol–water partition coefficient (Wildman–Crippen LogP) is 3.53. The quantitative estimate of drug-likeness (QED) is 0.712. The van der Waals surface area contributed by atoms with Gasteiger partial charge in [0.15, 0.2) is 11.5 Å². The van der Waals surface area contributed by atoms with Crippen molar-refractivity contribution in [3.8, 4) is 11.5 Å².